The van der Waals surface area contributed by atoms with E-state index in [-0.39, 0.29) is 12.5 Å². The van der Waals surface area contributed by atoms with Crippen molar-refractivity contribution in [3.8, 4) is 11.8 Å². The van der Waals surface area contributed by atoms with Crippen molar-refractivity contribution in [2.75, 3.05) is 31.8 Å². The maximum absolute atomic E-state index is 12.3. The molecule has 184 valence electrons. The number of carbonyl (C=O) groups excluding carboxylic acids is 1. The van der Waals surface area contributed by atoms with E-state index in [1.54, 1.807) is 31.3 Å². The Morgan fingerprint density at radius 3 is 2.76 bits per heavy atom. The van der Waals surface area contributed by atoms with Gasteiger partial charge in [0.1, 0.15) is 18.1 Å². The molecule has 6 rings (SSSR count). The molecule has 37 heavy (non-hydrogen) atoms. The smallest absolute Gasteiger partial charge is 0.267 e. The third-order valence-electron chi connectivity index (χ3n) is 7.11. The van der Waals surface area contributed by atoms with Crippen LogP contribution in [0.4, 0.5) is 5.69 Å². The van der Waals surface area contributed by atoms with Gasteiger partial charge in [0.2, 0.25) is 0 Å². The number of anilines is 1. The van der Waals surface area contributed by atoms with Crippen LogP contribution in [0.2, 0.25) is 0 Å². The second-order valence-corrected chi connectivity index (χ2v) is 10.3. The van der Waals surface area contributed by atoms with E-state index in [4.69, 9.17) is 9.47 Å². The third-order valence-corrected chi connectivity index (χ3v) is 8.09. The Hall–Kier alpha value is -3.93. The highest BCUT2D eigenvalue weighted by atomic mass is 32.2. The number of amides is 1. The number of fused-ring (bicyclic) bond motifs is 3. The first-order chi connectivity index (χ1) is 18.1. The number of benzene rings is 2. The van der Waals surface area contributed by atoms with E-state index >= 15 is 0 Å². The van der Waals surface area contributed by atoms with Crippen LogP contribution in [0.25, 0.3) is 5.57 Å². The Balaban J connectivity index is 1.37. The first-order valence-corrected chi connectivity index (χ1v) is 12.9. The molecule has 0 atom stereocenters. The van der Waals surface area contributed by atoms with Crippen LogP contribution >= 0.6 is 11.8 Å². The van der Waals surface area contributed by atoms with Gasteiger partial charge in [-0.2, -0.15) is 10.3 Å². The molecule has 3 aliphatic rings. The summed E-state index contributed by atoms with van der Waals surface area (Å²) < 4.78 is 11.1. The Labute approximate surface area is 219 Å². The molecule has 1 saturated heterocycles. The number of carbonyl (C=O) groups is 1. The number of aliphatic imine (C=N–C) groups is 1. The summed E-state index contributed by atoms with van der Waals surface area (Å²) in [5.41, 5.74) is 4.21. The van der Waals surface area contributed by atoms with Crippen LogP contribution in [0.5, 0.6) is 5.75 Å². The van der Waals surface area contributed by atoms with Gasteiger partial charge in [0.25, 0.3) is 5.91 Å². The molecule has 7 nitrogen and oxygen atoms in total. The highest BCUT2D eigenvalue weighted by Gasteiger charge is 2.35. The number of amidine groups is 1. The number of pyridine rings is 1. The highest BCUT2D eigenvalue weighted by molar-refractivity contribution is 7.99. The standard InChI is InChI=1S/C29H24N4O3S/c1-35-26-7-10-31-16-24(26)23-15-27-32-28(34)17-33(27)25-14-21(5-6-22(23)25)37-20-4-2-3-19(13-20)29(18-30)8-11-36-12-9-29/h2-7,10,13-16H,8-9,11-12,17H2,1H3. The third kappa shape index (κ3) is 4.20. The Morgan fingerprint density at radius 1 is 1.11 bits per heavy atom. The second-order valence-electron chi connectivity index (χ2n) is 9.20. The number of nitrogens with zero attached hydrogens (tertiary/aromatic N) is 4. The molecule has 3 aromatic rings. The van der Waals surface area contributed by atoms with E-state index in [1.165, 1.54) is 0 Å². The van der Waals surface area contributed by atoms with Gasteiger partial charge in [-0.25, -0.2) is 0 Å². The van der Waals surface area contributed by atoms with Crippen LogP contribution in [-0.2, 0) is 14.9 Å². The summed E-state index contributed by atoms with van der Waals surface area (Å²) in [5.74, 6) is 1.17. The molecule has 4 heterocycles. The summed E-state index contributed by atoms with van der Waals surface area (Å²) in [7, 11) is 1.64. The number of ether oxygens (including phenoxy) is 2. The van der Waals surface area contributed by atoms with Gasteiger partial charge < -0.3 is 14.4 Å². The Kier molecular flexibility index (Phi) is 6.03. The lowest BCUT2D eigenvalue weighted by molar-refractivity contribution is -0.115. The maximum Gasteiger partial charge on any atom is 0.267 e. The molecule has 0 bridgehead atoms. The van der Waals surface area contributed by atoms with Crippen molar-refractivity contribution in [3.05, 3.63) is 83.7 Å². The molecule has 3 aliphatic heterocycles. The SMILES string of the molecule is COc1ccncc1C1=CC2=NC(=O)CN2c2cc(Sc3cccc(C4(C#N)CCOCC4)c3)ccc21. The molecule has 1 amide bonds. The van der Waals surface area contributed by atoms with Crippen LogP contribution in [0.15, 0.2) is 81.8 Å². The number of hydrogen-bond donors (Lipinski definition) is 0. The largest absolute Gasteiger partial charge is 0.496 e. The summed E-state index contributed by atoms with van der Waals surface area (Å²) in [5, 5.41) is 10.00. The number of rotatable bonds is 5. The van der Waals surface area contributed by atoms with Crippen molar-refractivity contribution in [2.45, 2.75) is 28.0 Å². The summed E-state index contributed by atoms with van der Waals surface area (Å²) in [6, 6.07) is 18.9. The quantitative estimate of drug-likeness (QED) is 0.479. The fraction of sp³-hybridized carbons (Fsp3) is 0.241. The lowest BCUT2D eigenvalue weighted by Crippen LogP contribution is -2.32. The van der Waals surface area contributed by atoms with Crippen LogP contribution < -0.4 is 9.64 Å². The summed E-state index contributed by atoms with van der Waals surface area (Å²) in [6.45, 7) is 1.42. The zero-order chi connectivity index (χ0) is 25.4. The van der Waals surface area contributed by atoms with Crippen molar-refractivity contribution < 1.29 is 14.3 Å². The van der Waals surface area contributed by atoms with E-state index < -0.39 is 5.41 Å². The van der Waals surface area contributed by atoms with Gasteiger partial charge in [0.15, 0.2) is 0 Å². The van der Waals surface area contributed by atoms with Gasteiger partial charge in [-0.3, -0.25) is 9.78 Å². The topological polar surface area (TPSA) is 87.8 Å². The van der Waals surface area contributed by atoms with E-state index in [0.29, 0.717) is 37.6 Å². The minimum absolute atomic E-state index is 0.166. The molecule has 0 aliphatic carbocycles. The second kappa shape index (κ2) is 9.51. The predicted octanol–water partition coefficient (Wildman–Crippen LogP) is 5.00. The number of methoxy groups -OCH3 is 1. The van der Waals surface area contributed by atoms with Crippen LogP contribution in [0, 0.1) is 11.3 Å². The van der Waals surface area contributed by atoms with Crippen molar-refractivity contribution >= 4 is 34.8 Å². The number of aromatic nitrogens is 1. The molecule has 8 heteroatoms. The molecule has 0 unspecified atom stereocenters. The van der Waals surface area contributed by atoms with Crippen LogP contribution in [0.1, 0.15) is 29.5 Å². The molecule has 0 saturated carbocycles. The van der Waals surface area contributed by atoms with E-state index in [2.05, 4.69) is 46.4 Å². The van der Waals surface area contributed by atoms with Crippen molar-refractivity contribution in [1.29, 1.82) is 5.26 Å². The van der Waals surface area contributed by atoms with E-state index in [1.807, 2.05) is 29.2 Å². The zero-order valence-corrected chi connectivity index (χ0v) is 21.1. The van der Waals surface area contributed by atoms with Gasteiger partial charge in [0.05, 0.1) is 24.3 Å². The van der Waals surface area contributed by atoms with Crippen LogP contribution in [0.3, 0.4) is 0 Å². The molecule has 1 fully saturated rings. The number of nitriles is 1. The molecule has 0 N–H and O–H groups in total. The normalized spacial score (nSPS) is 17.8. The fourth-order valence-corrected chi connectivity index (χ4v) is 6.07. The molecule has 0 spiro atoms. The van der Waals surface area contributed by atoms with Crippen molar-refractivity contribution in [3.63, 3.8) is 0 Å². The molecule has 2 aromatic carbocycles. The van der Waals surface area contributed by atoms with Gasteiger partial charge in [-0.05, 0) is 60.4 Å². The first kappa shape index (κ1) is 23.5. The predicted molar refractivity (Wildman–Crippen MR) is 142 cm³/mol. The van der Waals surface area contributed by atoms with E-state index in [9.17, 15) is 10.1 Å². The van der Waals surface area contributed by atoms with Gasteiger partial charge in [0, 0.05) is 46.5 Å². The fourth-order valence-electron chi connectivity index (χ4n) is 5.15. The van der Waals surface area contributed by atoms with Gasteiger partial charge in [-0.15, -0.1) is 0 Å². The molecular weight excluding hydrogens is 484 g/mol. The molecule has 0 radical (unpaired) electrons. The maximum atomic E-state index is 12.3. The van der Waals surface area contributed by atoms with Crippen LogP contribution in [-0.4, -0.2) is 43.6 Å². The lowest BCUT2D eigenvalue weighted by Gasteiger charge is -2.31. The highest BCUT2D eigenvalue weighted by Crippen LogP contribution is 2.43. The van der Waals surface area contributed by atoms with E-state index in [0.717, 1.165) is 37.7 Å². The Morgan fingerprint density at radius 2 is 1.95 bits per heavy atom. The van der Waals surface area contributed by atoms with Crippen molar-refractivity contribution in [2.24, 2.45) is 4.99 Å². The molecular formula is C29H24N4O3S. The average Bonchev–Trinajstić information content (AvgIpc) is 3.33. The summed E-state index contributed by atoms with van der Waals surface area (Å²) in [4.78, 5) is 24.9. The van der Waals surface area contributed by atoms with Crippen molar-refractivity contribution in [1.82, 2.24) is 4.98 Å². The number of hydrogen-bond acceptors (Lipinski definition) is 7. The minimum Gasteiger partial charge on any atom is -0.496 e. The Bertz CT molecular complexity index is 1500. The minimum atomic E-state index is -0.506. The van der Waals surface area contributed by atoms with Gasteiger partial charge in [-0.1, -0.05) is 30.0 Å². The monoisotopic (exact) mass is 508 g/mol. The average molecular weight is 509 g/mol. The zero-order valence-electron chi connectivity index (χ0n) is 20.3. The summed E-state index contributed by atoms with van der Waals surface area (Å²) in [6.07, 6.45) is 6.80. The first-order valence-electron chi connectivity index (χ1n) is 12.1. The molecule has 1 aromatic heterocycles. The van der Waals surface area contributed by atoms with Gasteiger partial charge >= 0.3 is 0 Å². The lowest BCUT2D eigenvalue weighted by atomic mass is 9.75. The summed E-state index contributed by atoms with van der Waals surface area (Å²) >= 11 is 1.64.